The van der Waals surface area contributed by atoms with Gasteiger partial charge in [-0.05, 0) is 55.8 Å². The molecule has 1 N–H and O–H groups in total. The molecule has 0 saturated carbocycles. The van der Waals surface area contributed by atoms with Crippen LogP contribution >= 0.6 is 0 Å². The molecular formula is C17H26N2. The van der Waals surface area contributed by atoms with E-state index in [-0.39, 0.29) is 0 Å². The Bertz CT molecular complexity index is 409. The first-order chi connectivity index (χ1) is 9.34. The lowest BCUT2D eigenvalue weighted by molar-refractivity contribution is 0.320. The molecule has 3 rings (SSSR count). The third-order valence-electron chi connectivity index (χ3n) is 4.81. The summed E-state index contributed by atoms with van der Waals surface area (Å²) in [5.41, 5.74) is 3.11. The van der Waals surface area contributed by atoms with E-state index < -0.39 is 0 Å². The van der Waals surface area contributed by atoms with E-state index >= 15 is 0 Å². The van der Waals surface area contributed by atoms with Gasteiger partial charge in [0.1, 0.15) is 0 Å². The van der Waals surface area contributed by atoms with E-state index in [0.717, 1.165) is 12.5 Å². The van der Waals surface area contributed by atoms with Crippen LogP contribution in [-0.4, -0.2) is 31.1 Å². The molecule has 1 aliphatic carbocycles. The second-order valence-corrected chi connectivity index (χ2v) is 6.16. The molecule has 104 valence electrons. The Hall–Kier alpha value is -0.860. The van der Waals surface area contributed by atoms with Gasteiger partial charge in [0.05, 0.1) is 0 Å². The number of benzene rings is 1. The smallest absolute Gasteiger partial charge is 0.0323 e. The summed E-state index contributed by atoms with van der Waals surface area (Å²) in [5.74, 6) is 0.729. The van der Waals surface area contributed by atoms with Crippen molar-refractivity contribution in [2.24, 2.45) is 0 Å². The molecule has 1 heterocycles. The van der Waals surface area contributed by atoms with Crippen LogP contribution in [0.4, 0.5) is 0 Å². The second kappa shape index (κ2) is 6.06. The third kappa shape index (κ3) is 3.01. The van der Waals surface area contributed by atoms with Crippen molar-refractivity contribution in [3.05, 3.63) is 35.4 Å². The van der Waals surface area contributed by atoms with Crippen LogP contribution in [0.1, 0.15) is 55.7 Å². The normalized spacial score (nSPS) is 27.4. The van der Waals surface area contributed by atoms with E-state index in [1.807, 2.05) is 0 Å². The van der Waals surface area contributed by atoms with Crippen molar-refractivity contribution in [2.75, 3.05) is 26.2 Å². The minimum atomic E-state index is 0.579. The number of fused-ring (bicyclic) bond motifs is 1. The largest absolute Gasteiger partial charge is 0.309 e. The summed E-state index contributed by atoms with van der Waals surface area (Å²) in [7, 11) is 0. The number of rotatable bonds is 4. The Labute approximate surface area is 117 Å². The Morgan fingerprint density at radius 2 is 1.84 bits per heavy atom. The van der Waals surface area contributed by atoms with Crippen molar-refractivity contribution in [2.45, 2.75) is 44.6 Å². The predicted molar refractivity (Wildman–Crippen MR) is 80.5 cm³/mol. The molecule has 2 heteroatoms. The number of hydrogen-bond donors (Lipinski definition) is 1. The fraction of sp³-hybridized carbons (Fsp3) is 0.647. The number of nitrogens with zero attached hydrogens (tertiary/aromatic N) is 1. The standard InChI is InChI=1S/C17H26N2/c1-14-8-9-17(16-7-3-2-6-15(14)16)18-10-13-19-11-4-5-12-19/h2-3,6-7,14,17-18H,4-5,8-13H2,1H3. The van der Waals surface area contributed by atoms with Crippen molar-refractivity contribution in [1.82, 2.24) is 10.2 Å². The molecule has 2 unspecified atom stereocenters. The molecule has 0 aromatic heterocycles. The molecule has 1 aliphatic heterocycles. The van der Waals surface area contributed by atoms with E-state index in [9.17, 15) is 0 Å². The summed E-state index contributed by atoms with van der Waals surface area (Å²) < 4.78 is 0. The van der Waals surface area contributed by atoms with E-state index in [1.54, 1.807) is 11.1 Å². The zero-order valence-corrected chi connectivity index (χ0v) is 12.1. The molecule has 2 aliphatic rings. The minimum absolute atomic E-state index is 0.579. The van der Waals surface area contributed by atoms with Crippen molar-refractivity contribution < 1.29 is 0 Å². The Balaban J connectivity index is 1.58. The molecule has 1 aromatic carbocycles. The zero-order valence-electron chi connectivity index (χ0n) is 12.1. The van der Waals surface area contributed by atoms with Crippen LogP contribution in [0.5, 0.6) is 0 Å². The van der Waals surface area contributed by atoms with Crippen LogP contribution < -0.4 is 5.32 Å². The van der Waals surface area contributed by atoms with Crippen LogP contribution in [0, 0.1) is 0 Å². The first-order valence-corrected chi connectivity index (χ1v) is 7.89. The fourth-order valence-electron chi connectivity index (χ4n) is 3.62. The fourth-order valence-corrected chi connectivity index (χ4v) is 3.62. The first-order valence-electron chi connectivity index (χ1n) is 7.89. The third-order valence-corrected chi connectivity index (χ3v) is 4.81. The van der Waals surface area contributed by atoms with Crippen LogP contribution in [0.3, 0.4) is 0 Å². The molecule has 0 radical (unpaired) electrons. The number of likely N-dealkylation sites (tertiary alicyclic amines) is 1. The summed E-state index contributed by atoms with van der Waals surface area (Å²) in [6.45, 7) is 7.32. The second-order valence-electron chi connectivity index (χ2n) is 6.16. The average Bonchev–Trinajstić information content (AvgIpc) is 2.95. The highest BCUT2D eigenvalue weighted by Gasteiger charge is 2.23. The van der Waals surface area contributed by atoms with Crippen molar-refractivity contribution >= 4 is 0 Å². The topological polar surface area (TPSA) is 15.3 Å². The Morgan fingerprint density at radius 1 is 1.11 bits per heavy atom. The zero-order chi connectivity index (χ0) is 13.1. The molecular weight excluding hydrogens is 232 g/mol. The average molecular weight is 258 g/mol. The van der Waals surface area contributed by atoms with Gasteiger partial charge in [-0.15, -0.1) is 0 Å². The van der Waals surface area contributed by atoms with E-state index in [1.165, 1.54) is 45.3 Å². The van der Waals surface area contributed by atoms with Crippen molar-refractivity contribution in [1.29, 1.82) is 0 Å². The van der Waals surface area contributed by atoms with Gasteiger partial charge in [-0.1, -0.05) is 31.2 Å². The van der Waals surface area contributed by atoms with Gasteiger partial charge in [0.2, 0.25) is 0 Å². The molecule has 2 atom stereocenters. The summed E-state index contributed by atoms with van der Waals surface area (Å²) in [5, 5.41) is 3.78. The van der Waals surface area contributed by atoms with Crippen LogP contribution in [-0.2, 0) is 0 Å². The molecule has 1 fully saturated rings. The molecule has 0 bridgehead atoms. The lowest BCUT2D eigenvalue weighted by Gasteiger charge is -2.31. The summed E-state index contributed by atoms with van der Waals surface area (Å²) >= 11 is 0. The van der Waals surface area contributed by atoms with Crippen LogP contribution in [0.2, 0.25) is 0 Å². The van der Waals surface area contributed by atoms with Gasteiger partial charge >= 0.3 is 0 Å². The monoisotopic (exact) mass is 258 g/mol. The molecule has 0 spiro atoms. The van der Waals surface area contributed by atoms with Gasteiger partial charge in [-0.3, -0.25) is 0 Å². The SMILES string of the molecule is CC1CCC(NCCN2CCCC2)c2ccccc21. The highest BCUT2D eigenvalue weighted by molar-refractivity contribution is 5.34. The van der Waals surface area contributed by atoms with Crippen molar-refractivity contribution in [3.63, 3.8) is 0 Å². The maximum absolute atomic E-state index is 3.78. The summed E-state index contributed by atoms with van der Waals surface area (Å²) in [4.78, 5) is 2.59. The summed E-state index contributed by atoms with van der Waals surface area (Å²) in [6.07, 6.45) is 5.39. The minimum Gasteiger partial charge on any atom is -0.309 e. The van der Waals surface area contributed by atoms with Gasteiger partial charge in [-0.25, -0.2) is 0 Å². The molecule has 2 nitrogen and oxygen atoms in total. The lowest BCUT2D eigenvalue weighted by Crippen LogP contribution is -2.33. The maximum atomic E-state index is 3.78. The number of nitrogens with one attached hydrogen (secondary N) is 1. The van der Waals surface area contributed by atoms with E-state index in [0.29, 0.717) is 6.04 Å². The van der Waals surface area contributed by atoms with Gasteiger partial charge < -0.3 is 10.2 Å². The van der Waals surface area contributed by atoms with Gasteiger partial charge in [0.25, 0.3) is 0 Å². The molecule has 0 amide bonds. The number of hydrogen-bond acceptors (Lipinski definition) is 2. The highest BCUT2D eigenvalue weighted by Crippen LogP contribution is 2.36. The maximum Gasteiger partial charge on any atom is 0.0323 e. The quantitative estimate of drug-likeness (QED) is 0.891. The van der Waals surface area contributed by atoms with Crippen LogP contribution in [0.15, 0.2) is 24.3 Å². The Kier molecular flexibility index (Phi) is 4.19. The molecule has 1 aromatic rings. The van der Waals surface area contributed by atoms with E-state index in [2.05, 4.69) is 41.4 Å². The van der Waals surface area contributed by atoms with E-state index in [4.69, 9.17) is 0 Å². The summed E-state index contributed by atoms with van der Waals surface area (Å²) in [6, 6.07) is 9.58. The first kappa shape index (κ1) is 13.1. The van der Waals surface area contributed by atoms with Gasteiger partial charge in [-0.2, -0.15) is 0 Å². The molecule has 19 heavy (non-hydrogen) atoms. The van der Waals surface area contributed by atoms with Crippen molar-refractivity contribution in [3.8, 4) is 0 Å². The lowest BCUT2D eigenvalue weighted by atomic mass is 9.81. The van der Waals surface area contributed by atoms with Crippen LogP contribution in [0.25, 0.3) is 0 Å². The molecule has 1 saturated heterocycles. The predicted octanol–water partition coefficient (Wildman–Crippen LogP) is 3.31. The highest BCUT2D eigenvalue weighted by atomic mass is 15.2. The Morgan fingerprint density at radius 3 is 2.63 bits per heavy atom. The van der Waals surface area contributed by atoms with Gasteiger partial charge in [0, 0.05) is 19.1 Å². The van der Waals surface area contributed by atoms with Gasteiger partial charge in [0.15, 0.2) is 0 Å².